The molecule has 6 heteroatoms. The Morgan fingerprint density at radius 1 is 1.00 bits per heavy atom. The highest BCUT2D eigenvalue weighted by Crippen LogP contribution is 2.12. The van der Waals surface area contributed by atoms with Crippen LogP contribution in [0.25, 0.3) is 0 Å². The van der Waals surface area contributed by atoms with Gasteiger partial charge in [-0.25, -0.2) is 0 Å². The summed E-state index contributed by atoms with van der Waals surface area (Å²) in [5.41, 5.74) is 6.56. The molecule has 21 heavy (non-hydrogen) atoms. The fraction of sp³-hybridized carbons (Fsp3) is 0.600. The Balaban J connectivity index is 2.03. The molecule has 1 aromatic carbocycles. The summed E-state index contributed by atoms with van der Waals surface area (Å²) in [5.74, 6) is 0.703. The molecular weight excluding hydrogens is 274 g/mol. The molecule has 0 spiro atoms. The molecule has 0 saturated carbocycles. The molecule has 6 nitrogen and oxygen atoms in total. The van der Waals surface area contributed by atoms with Crippen molar-refractivity contribution in [1.29, 1.82) is 0 Å². The predicted octanol–water partition coefficient (Wildman–Crippen LogP) is 0.565. The van der Waals surface area contributed by atoms with Crippen LogP contribution in [0.15, 0.2) is 24.3 Å². The molecule has 0 aromatic heterocycles. The average Bonchev–Trinajstić information content (AvgIpc) is 2.52. The van der Waals surface area contributed by atoms with Crippen LogP contribution in [0, 0.1) is 0 Å². The summed E-state index contributed by atoms with van der Waals surface area (Å²) in [6, 6.07) is 7.46. The summed E-state index contributed by atoms with van der Waals surface area (Å²) in [4.78, 5) is 0. The molecule has 0 bridgehead atoms. The second-order valence-corrected chi connectivity index (χ2v) is 4.49. The van der Waals surface area contributed by atoms with Crippen LogP contribution in [0.3, 0.4) is 0 Å². The van der Waals surface area contributed by atoms with E-state index < -0.39 is 6.10 Å². The Labute approximate surface area is 125 Å². The maximum absolute atomic E-state index is 9.72. The minimum Gasteiger partial charge on any atom is -0.491 e. The number of methoxy groups -OCH3 is 1. The van der Waals surface area contributed by atoms with Crippen LogP contribution in [0.2, 0.25) is 0 Å². The highest BCUT2D eigenvalue weighted by Gasteiger charge is 2.05. The van der Waals surface area contributed by atoms with Crippen molar-refractivity contribution in [2.24, 2.45) is 5.73 Å². The van der Waals surface area contributed by atoms with E-state index in [-0.39, 0.29) is 13.2 Å². The maximum Gasteiger partial charge on any atom is 0.119 e. The molecule has 120 valence electrons. The number of hydrogen-bond acceptors (Lipinski definition) is 6. The lowest BCUT2D eigenvalue weighted by molar-refractivity contribution is -0.0169. The number of hydrogen-bond donors (Lipinski definition) is 2. The van der Waals surface area contributed by atoms with Gasteiger partial charge in [-0.2, -0.15) is 0 Å². The zero-order chi connectivity index (χ0) is 15.3. The van der Waals surface area contributed by atoms with E-state index in [2.05, 4.69) is 0 Å². The Morgan fingerprint density at radius 2 is 1.67 bits per heavy atom. The molecule has 0 aliphatic heterocycles. The van der Waals surface area contributed by atoms with Gasteiger partial charge in [0.1, 0.15) is 18.5 Å². The lowest BCUT2D eigenvalue weighted by atomic mass is 10.2. The zero-order valence-corrected chi connectivity index (χ0v) is 12.5. The van der Waals surface area contributed by atoms with Crippen LogP contribution in [0.5, 0.6) is 5.75 Å². The van der Waals surface area contributed by atoms with Gasteiger partial charge in [-0.05, 0) is 17.7 Å². The highest BCUT2D eigenvalue weighted by molar-refractivity contribution is 5.27. The first-order chi connectivity index (χ1) is 10.3. The summed E-state index contributed by atoms with van der Waals surface area (Å²) in [5, 5.41) is 9.72. The number of rotatable bonds is 12. The van der Waals surface area contributed by atoms with Crippen LogP contribution >= 0.6 is 0 Å². The van der Waals surface area contributed by atoms with E-state index in [1.54, 1.807) is 7.11 Å². The van der Waals surface area contributed by atoms with Crippen molar-refractivity contribution < 1.29 is 24.1 Å². The maximum atomic E-state index is 9.72. The topological polar surface area (TPSA) is 83.2 Å². The van der Waals surface area contributed by atoms with Crippen molar-refractivity contribution in [3.63, 3.8) is 0 Å². The highest BCUT2D eigenvalue weighted by atomic mass is 16.5. The first-order valence-corrected chi connectivity index (χ1v) is 7.00. The third-order valence-corrected chi connectivity index (χ3v) is 2.72. The number of nitrogens with two attached hydrogens (primary N) is 1. The molecule has 0 saturated heterocycles. The van der Waals surface area contributed by atoms with Crippen LogP contribution in [0.1, 0.15) is 5.56 Å². The third kappa shape index (κ3) is 8.64. The molecule has 0 fully saturated rings. The number of aliphatic hydroxyl groups excluding tert-OH is 1. The third-order valence-electron chi connectivity index (χ3n) is 2.72. The Hall–Kier alpha value is -1.18. The number of benzene rings is 1. The van der Waals surface area contributed by atoms with E-state index >= 15 is 0 Å². The normalized spacial score (nSPS) is 12.3. The standard InChI is InChI=1S/C15H25NO5/c1-18-6-7-19-8-9-20-11-14(17)12-21-15-4-2-13(10-16)3-5-15/h2-5,14,17H,6-12,16H2,1H3. The van der Waals surface area contributed by atoms with E-state index in [0.29, 0.717) is 38.7 Å². The molecular formula is C15H25NO5. The SMILES string of the molecule is COCCOCCOCC(O)COc1ccc(CN)cc1. The molecule has 0 aliphatic rings. The summed E-state index contributed by atoms with van der Waals surface area (Å²) in [7, 11) is 1.62. The van der Waals surface area contributed by atoms with Crippen LogP contribution in [-0.2, 0) is 20.8 Å². The van der Waals surface area contributed by atoms with E-state index in [1.807, 2.05) is 24.3 Å². The van der Waals surface area contributed by atoms with Crippen LogP contribution < -0.4 is 10.5 Å². The van der Waals surface area contributed by atoms with E-state index in [9.17, 15) is 5.11 Å². The molecule has 0 radical (unpaired) electrons. The smallest absolute Gasteiger partial charge is 0.119 e. The van der Waals surface area contributed by atoms with E-state index in [0.717, 1.165) is 5.56 Å². The first-order valence-electron chi connectivity index (χ1n) is 7.00. The van der Waals surface area contributed by atoms with Gasteiger partial charge in [-0.1, -0.05) is 12.1 Å². The molecule has 3 N–H and O–H groups in total. The van der Waals surface area contributed by atoms with Crippen molar-refractivity contribution >= 4 is 0 Å². The van der Waals surface area contributed by atoms with Gasteiger partial charge in [0, 0.05) is 13.7 Å². The van der Waals surface area contributed by atoms with Gasteiger partial charge >= 0.3 is 0 Å². The first kappa shape index (κ1) is 17.9. The van der Waals surface area contributed by atoms with Crippen molar-refractivity contribution in [2.75, 3.05) is 46.8 Å². The largest absolute Gasteiger partial charge is 0.491 e. The number of aliphatic hydroxyl groups is 1. The van der Waals surface area contributed by atoms with Gasteiger partial charge in [0.15, 0.2) is 0 Å². The molecule has 0 heterocycles. The molecule has 1 unspecified atom stereocenters. The van der Waals surface area contributed by atoms with Crippen molar-refractivity contribution in [2.45, 2.75) is 12.6 Å². The van der Waals surface area contributed by atoms with Gasteiger partial charge in [0.05, 0.1) is 33.0 Å². The molecule has 0 amide bonds. The van der Waals surface area contributed by atoms with E-state index in [4.69, 9.17) is 24.7 Å². The summed E-state index contributed by atoms with van der Waals surface area (Å²) < 4.78 is 20.8. The predicted molar refractivity (Wildman–Crippen MR) is 79.3 cm³/mol. The molecule has 1 aromatic rings. The minimum atomic E-state index is -0.668. The lowest BCUT2D eigenvalue weighted by Gasteiger charge is -2.13. The fourth-order valence-electron chi connectivity index (χ4n) is 1.54. The summed E-state index contributed by atoms with van der Waals surface area (Å²) >= 11 is 0. The van der Waals surface area contributed by atoms with Crippen LogP contribution in [-0.4, -0.2) is 58.0 Å². The van der Waals surface area contributed by atoms with E-state index in [1.165, 1.54) is 0 Å². The van der Waals surface area contributed by atoms with Gasteiger partial charge in [0.2, 0.25) is 0 Å². The Kier molecular flexibility index (Phi) is 9.77. The van der Waals surface area contributed by atoms with Gasteiger partial charge in [-0.15, -0.1) is 0 Å². The molecule has 1 atom stereocenters. The fourth-order valence-corrected chi connectivity index (χ4v) is 1.54. The second kappa shape index (κ2) is 11.5. The number of ether oxygens (including phenoxy) is 4. The van der Waals surface area contributed by atoms with Crippen molar-refractivity contribution in [1.82, 2.24) is 0 Å². The zero-order valence-electron chi connectivity index (χ0n) is 12.5. The lowest BCUT2D eigenvalue weighted by Crippen LogP contribution is -2.24. The van der Waals surface area contributed by atoms with Crippen molar-refractivity contribution in [3.8, 4) is 5.75 Å². The van der Waals surface area contributed by atoms with Crippen LogP contribution in [0.4, 0.5) is 0 Å². The molecule has 1 rings (SSSR count). The van der Waals surface area contributed by atoms with Crippen molar-refractivity contribution in [3.05, 3.63) is 29.8 Å². The Bertz CT molecular complexity index is 358. The summed E-state index contributed by atoms with van der Waals surface area (Å²) in [6.07, 6.45) is -0.668. The van der Waals surface area contributed by atoms with Gasteiger partial charge in [-0.3, -0.25) is 0 Å². The monoisotopic (exact) mass is 299 g/mol. The molecule has 0 aliphatic carbocycles. The second-order valence-electron chi connectivity index (χ2n) is 4.49. The van der Waals surface area contributed by atoms with Gasteiger partial charge < -0.3 is 29.8 Å². The minimum absolute atomic E-state index is 0.187. The quantitative estimate of drug-likeness (QED) is 0.549. The van der Waals surface area contributed by atoms with Gasteiger partial charge in [0.25, 0.3) is 0 Å². The Morgan fingerprint density at radius 3 is 2.33 bits per heavy atom. The summed E-state index contributed by atoms with van der Waals surface area (Å²) in [6.45, 7) is 2.94. The average molecular weight is 299 g/mol.